The average molecular weight is 628 g/mol. The number of thioether (sulfide) groups is 1. The molecule has 12 heteroatoms. The van der Waals surface area contributed by atoms with Crippen molar-refractivity contribution >= 4 is 78.4 Å². The topological polar surface area (TPSA) is 111 Å². The Hall–Kier alpha value is -2.83. The molecule has 0 spiro atoms. The fraction of sp³-hybridized carbons (Fsp3) is 0.217. The summed E-state index contributed by atoms with van der Waals surface area (Å²) in [5.74, 6) is -1.01. The minimum absolute atomic E-state index is 0.154. The molecule has 0 bridgehead atoms. The first-order chi connectivity index (χ1) is 16.7. The molecule has 0 saturated carbocycles. The van der Waals surface area contributed by atoms with Crippen LogP contribution in [0.5, 0.6) is 11.5 Å². The zero-order chi connectivity index (χ0) is 25.5. The Morgan fingerprint density at radius 1 is 1.11 bits per heavy atom. The molecule has 0 aromatic heterocycles. The van der Waals surface area contributed by atoms with Gasteiger partial charge >= 0.3 is 5.97 Å². The molecular formula is C23H20Br2N2O7S. The van der Waals surface area contributed by atoms with E-state index in [-0.39, 0.29) is 11.5 Å². The van der Waals surface area contributed by atoms with Gasteiger partial charge in [0.05, 0.1) is 28.8 Å². The summed E-state index contributed by atoms with van der Waals surface area (Å²) in [6.07, 6.45) is 1.52. The molecule has 2 aromatic rings. The van der Waals surface area contributed by atoms with Crippen LogP contribution >= 0.6 is 43.6 Å². The van der Waals surface area contributed by atoms with Gasteiger partial charge in [-0.25, -0.2) is 4.79 Å². The predicted octanol–water partition coefficient (Wildman–Crippen LogP) is 4.84. The molecule has 0 unspecified atom stereocenters. The molecular weight excluding hydrogens is 608 g/mol. The van der Waals surface area contributed by atoms with Gasteiger partial charge in [-0.15, -0.1) is 0 Å². The van der Waals surface area contributed by atoms with Crippen LogP contribution in [0, 0.1) is 0 Å². The molecule has 184 valence electrons. The van der Waals surface area contributed by atoms with Gasteiger partial charge in [0.25, 0.3) is 11.1 Å². The number of hydrogen-bond donors (Lipinski definition) is 1. The van der Waals surface area contributed by atoms with E-state index < -0.39 is 29.6 Å². The molecule has 1 aliphatic heterocycles. The Morgan fingerprint density at radius 2 is 1.86 bits per heavy atom. The summed E-state index contributed by atoms with van der Waals surface area (Å²) in [6, 6.07) is 10.3. The third-order valence-electron chi connectivity index (χ3n) is 4.51. The molecule has 9 nitrogen and oxygen atoms in total. The van der Waals surface area contributed by atoms with E-state index >= 15 is 0 Å². The minimum Gasteiger partial charge on any atom is -0.490 e. The third-order valence-corrected chi connectivity index (χ3v) is 6.70. The number of esters is 1. The number of anilines is 1. The quantitative estimate of drug-likeness (QED) is 0.311. The number of ether oxygens (including phenoxy) is 3. The summed E-state index contributed by atoms with van der Waals surface area (Å²) in [5.41, 5.74) is 1.08. The highest BCUT2D eigenvalue weighted by Crippen LogP contribution is 2.39. The Balaban J connectivity index is 1.77. The minimum atomic E-state index is -0.581. The van der Waals surface area contributed by atoms with Gasteiger partial charge in [0.2, 0.25) is 5.91 Å². The van der Waals surface area contributed by atoms with Crippen molar-refractivity contribution in [3.63, 3.8) is 0 Å². The highest BCUT2D eigenvalue weighted by atomic mass is 79.9. The van der Waals surface area contributed by atoms with Crippen LogP contribution in [0.3, 0.4) is 0 Å². The van der Waals surface area contributed by atoms with E-state index in [1.807, 2.05) is 0 Å². The van der Waals surface area contributed by atoms with Crippen molar-refractivity contribution in [1.82, 2.24) is 4.90 Å². The van der Waals surface area contributed by atoms with Gasteiger partial charge in [0.1, 0.15) is 6.54 Å². The highest BCUT2D eigenvalue weighted by Gasteiger charge is 2.36. The third kappa shape index (κ3) is 6.86. The van der Waals surface area contributed by atoms with E-state index in [1.54, 1.807) is 43.3 Å². The number of rotatable bonds is 9. The average Bonchev–Trinajstić information content (AvgIpc) is 3.07. The van der Waals surface area contributed by atoms with E-state index in [0.29, 0.717) is 38.3 Å². The van der Waals surface area contributed by atoms with Crippen LogP contribution in [0.1, 0.15) is 12.5 Å². The fourth-order valence-corrected chi connectivity index (χ4v) is 4.74. The molecule has 1 aliphatic rings. The standard InChI is InChI=1S/C23H20Br2N2O7S/c1-3-33-17-9-13(8-15(25)21(17)34-12-20(29)32-2)10-18-22(30)27(23(31)35-18)11-19(28)26-16-7-5-4-6-14(16)24/h4-10H,3,11-12H2,1-2H3,(H,26,28)/b18-10-. The van der Waals surface area contributed by atoms with Gasteiger partial charge in [0.15, 0.2) is 18.1 Å². The van der Waals surface area contributed by atoms with Gasteiger partial charge in [-0.3, -0.25) is 19.3 Å². The van der Waals surface area contributed by atoms with Crippen LogP contribution in [-0.2, 0) is 19.1 Å². The molecule has 0 atom stereocenters. The number of para-hydroxylation sites is 1. The molecule has 3 amide bonds. The number of nitrogens with one attached hydrogen (secondary N) is 1. The summed E-state index contributed by atoms with van der Waals surface area (Å²) in [4.78, 5) is 50.2. The number of carbonyl (C=O) groups is 4. The van der Waals surface area contributed by atoms with Crippen molar-refractivity contribution in [3.8, 4) is 11.5 Å². The second-order valence-electron chi connectivity index (χ2n) is 6.92. The molecule has 1 fully saturated rings. The maximum Gasteiger partial charge on any atom is 0.343 e. The lowest BCUT2D eigenvalue weighted by atomic mass is 10.2. The largest absolute Gasteiger partial charge is 0.490 e. The van der Waals surface area contributed by atoms with E-state index in [9.17, 15) is 19.2 Å². The number of imide groups is 1. The van der Waals surface area contributed by atoms with E-state index in [2.05, 4.69) is 41.9 Å². The van der Waals surface area contributed by atoms with Crippen molar-refractivity contribution in [1.29, 1.82) is 0 Å². The second kappa shape index (κ2) is 12.2. The van der Waals surface area contributed by atoms with Crippen LogP contribution < -0.4 is 14.8 Å². The normalized spacial score (nSPS) is 14.3. The maximum absolute atomic E-state index is 12.9. The first-order valence-electron chi connectivity index (χ1n) is 10.2. The fourth-order valence-electron chi connectivity index (χ4n) is 2.95. The number of nitrogens with zero attached hydrogens (tertiary/aromatic N) is 1. The molecule has 1 heterocycles. The molecule has 0 radical (unpaired) electrons. The number of amides is 3. The van der Waals surface area contributed by atoms with Crippen LogP contribution in [0.2, 0.25) is 0 Å². The van der Waals surface area contributed by atoms with Crippen molar-refractivity contribution < 1.29 is 33.4 Å². The Morgan fingerprint density at radius 3 is 2.54 bits per heavy atom. The molecule has 3 rings (SSSR count). The zero-order valence-corrected chi connectivity index (χ0v) is 22.6. The number of hydrogen-bond acceptors (Lipinski definition) is 8. The zero-order valence-electron chi connectivity index (χ0n) is 18.6. The summed E-state index contributed by atoms with van der Waals surface area (Å²) in [6.45, 7) is 1.38. The van der Waals surface area contributed by atoms with Gasteiger partial charge in [-0.1, -0.05) is 12.1 Å². The lowest BCUT2D eigenvalue weighted by Gasteiger charge is -2.14. The van der Waals surface area contributed by atoms with E-state index in [0.717, 1.165) is 16.7 Å². The predicted molar refractivity (Wildman–Crippen MR) is 138 cm³/mol. The Kier molecular flexibility index (Phi) is 9.35. The van der Waals surface area contributed by atoms with E-state index in [4.69, 9.17) is 9.47 Å². The SMILES string of the molecule is CCOc1cc(/C=C2\SC(=O)N(CC(=O)Nc3ccccc3Br)C2=O)cc(Br)c1OCC(=O)OC. The lowest BCUT2D eigenvalue weighted by molar-refractivity contribution is -0.143. The molecule has 1 N–H and O–H groups in total. The first kappa shape index (κ1) is 26.8. The second-order valence-corrected chi connectivity index (χ2v) is 9.63. The van der Waals surface area contributed by atoms with Crippen LogP contribution in [-0.4, -0.2) is 54.8 Å². The molecule has 1 saturated heterocycles. The lowest BCUT2D eigenvalue weighted by Crippen LogP contribution is -2.36. The first-order valence-corrected chi connectivity index (χ1v) is 12.6. The van der Waals surface area contributed by atoms with Gasteiger partial charge < -0.3 is 19.5 Å². The van der Waals surface area contributed by atoms with Crippen molar-refractivity contribution in [3.05, 3.63) is 55.8 Å². The summed E-state index contributed by atoms with van der Waals surface area (Å²) in [5, 5.41) is 2.12. The van der Waals surface area contributed by atoms with Crippen LogP contribution in [0.25, 0.3) is 6.08 Å². The van der Waals surface area contributed by atoms with E-state index in [1.165, 1.54) is 13.2 Å². The highest BCUT2D eigenvalue weighted by molar-refractivity contribution is 9.11. The van der Waals surface area contributed by atoms with Crippen molar-refractivity contribution in [2.45, 2.75) is 6.92 Å². The van der Waals surface area contributed by atoms with Crippen LogP contribution in [0.4, 0.5) is 10.5 Å². The number of halogens is 2. The Bertz CT molecular complexity index is 1200. The summed E-state index contributed by atoms with van der Waals surface area (Å²) in [7, 11) is 1.25. The summed E-state index contributed by atoms with van der Waals surface area (Å²) >= 11 is 7.46. The van der Waals surface area contributed by atoms with Crippen LogP contribution in [0.15, 0.2) is 50.2 Å². The van der Waals surface area contributed by atoms with Crippen molar-refractivity contribution in [2.24, 2.45) is 0 Å². The van der Waals surface area contributed by atoms with Gasteiger partial charge in [-0.05, 0) is 86.5 Å². The number of carbonyl (C=O) groups excluding carboxylic acids is 4. The molecule has 35 heavy (non-hydrogen) atoms. The Labute approximate surface area is 222 Å². The monoisotopic (exact) mass is 626 g/mol. The molecule has 0 aliphatic carbocycles. The maximum atomic E-state index is 12.9. The number of methoxy groups -OCH3 is 1. The van der Waals surface area contributed by atoms with Crippen molar-refractivity contribution in [2.75, 3.05) is 32.2 Å². The van der Waals surface area contributed by atoms with Gasteiger partial charge in [0, 0.05) is 4.47 Å². The smallest absolute Gasteiger partial charge is 0.343 e. The van der Waals surface area contributed by atoms with Gasteiger partial charge in [-0.2, -0.15) is 0 Å². The molecule has 2 aromatic carbocycles. The summed E-state index contributed by atoms with van der Waals surface area (Å²) < 4.78 is 16.9. The number of benzene rings is 2.